The molecule has 0 aliphatic heterocycles. The second kappa shape index (κ2) is 9.60. The van der Waals surface area contributed by atoms with Gasteiger partial charge in [-0.3, -0.25) is 9.59 Å². The molecule has 0 aliphatic rings. The summed E-state index contributed by atoms with van der Waals surface area (Å²) in [5.74, 6) is 0.0206. The molecule has 5 nitrogen and oxygen atoms in total. The van der Waals surface area contributed by atoms with E-state index in [1.807, 2.05) is 51.1 Å². The van der Waals surface area contributed by atoms with Crippen molar-refractivity contribution in [3.63, 3.8) is 0 Å². The maximum atomic E-state index is 12.9. The van der Waals surface area contributed by atoms with Crippen LogP contribution in [0.5, 0.6) is 5.75 Å². The zero-order valence-electron chi connectivity index (χ0n) is 16.7. The molecular weight excluding hydrogens is 376 g/mol. The number of ether oxygens (including phenoxy) is 1. The van der Waals surface area contributed by atoms with E-state index in [1.165, 1.54) is 4.90 Å². The lowest BCUT2D eigenvalue weighted by molar-refractivity contribution is -0.142. The highest BCUT2D eigenvalue weighted by Crippen LogP contribution is 2.18. The molecule has 2 rings (SSSR count). The lowest BCUT2D eigenvalue weighted by Crippen LogP contribution is -2.53. The summed E-state index contributed by atoms with van der Waals surface area (Å²) < 4.78 is 5.59. The lowest BCUT2D eigenvalue weighted by atomic mass is 10.1. The fourth-order valence-electron chi connectivity index (χ4n) is 2.62. The zero-order chi connectivity index (χ0) is 20.7. The molecule has 6 heteroatoms. The van der Waals surface area contributed by atoms with Crippen LogP contribution in [0.2, 0.25) is 5.02 Å². The molecule has 0 fully saturated rings. The van der Waals surface area contributed by atoms with Crippen LogP contribution >= 0.6 is 11.6 Å². The van der Waals surface area contributed by atoms with Gasteiger partial charge in [0, 0.05) is 17.1 Å². The van der Waals surface area contributed by atoms with Gasteiger partial charge in [0.2, 0.25) is 5.91 Å². The van der Waals surface area contributed by atoms with Crippen molar-refractivity contribution in [3.05, 3.63) is 65.2 Å². The topological polar surface area (TPSA) is 58.6 Å². The highest BCUT2D eigenvalue weighted by atomic mass is 35.5. The standard InChI is InChI=1S/C22H27ClN2O3/c1-16(21(27)24-22(2,3)4)25(14-17-9-6-5-7-10-17)20(26)15-28-19-12-8-11-18(23)13-19/h5-13,16H,14-15H2,1-4H3,(H,24,27). The normalized spacial score (nSPS) is 12.2. The van der Waals surface area contributed by atoms with Crippen molar-refractivity contribution in [2.75, 3.05) is 6.61 Å². The number of nitrogens with one attached hydrogen (secondary N) is 1. The number of benzene rings is 2. The minimum Gasteiger partial charge on any atom is -0.484 e. The number of rotatable bonds is 7. The Labute approximate surface area is 171 Å². The van der Waals surface area contributed by atoms with E-state index in [2.05, 4.69) is 5.32 Å². The molecule has 0 heterocycles. The van der Waals surface area contributed by atoms with Gasteiger partial charge in [0.25, 0.3) is 5.91 Å². The minimum absolute atomic E-state index is 0.180. The van der Waals surface area contributed by atoms with E-state index < -0.39 is 6.04 Å². The second-order valence-corrected chi connectivity index (χ2v) is 8.10. The fourth-order valence-corrected chi connectivity index (χ4v) is 2.80. The number of hydrogen-bond donors (Lipinski definition) is 1. The molecule has 1 unspecified atom stereocenters. The van der Waals surface area contributed by atoms with Gasteiger partial charge in [-0.05, 0) is 51.5 Å². The lowest BCUT2D eigenvalue weighted by Gasteiger charge is -2.31. The number of carbonyl (C=O) groups excluding carboxylic acids is 2. The highest BCUT2D eigenvalue weighted by Gasteiger charge is 2.28. The molecule has 0 saturated carbocycles. The van der Waals surface area contributed by atoms with Crippen LogP contribution in [-0.2, 0) is 16.1 Å². The summed E-state index contributed by atoms with van der Waals surface area (Å²) in [6.07, 6.45) is 0. The third-order valence-electron chi connectivity index (χ3n) is 4.02. The first-order chi connectivity index (χ1) is 13.2. The summed E-state index contributed by atoms with van der Waals surface area (Å²) in [6, 6.07) is 15.8. The zero-order valence-corrected chi connectivity index (χ0v) is 17.5. The largest absolute Gasteiger partial charge is 0.484 e. The Morgan fingerprint density at radius 3 is 2.39 bits per heavy atom. The predicted octanol–water partition coefficient (Wildman–Crippen LogP) is 4.05. The van der Waals surface area contributed by atoms with Gasteiger partial charge < -0.3 is 15.0 Å². The van der Waals surface area contributed by atoms with Crippen molar-refractivity contribution < 1.29 is 14.3 Å². The van der Waals surface area contributed by atoms with Crippen molar-refractivity contribution in [1.29, 1.82) is 0 Å². The smallest absolute Gasteiger partial charge is 0.261 e. The first-order valence-corrected chi connectivity index (χ1v) is 9.57. The van der Waals surface area contributed by atoms with Gasteiger partial charge in [0.05, 0.1) is 0 Å². The maximum absolute atomic E-state index is 12.9. The summed E-state index contributed by atoms with van der Waals surface area (Å²) in [5, 5.41) is 3.46. The van der Waals surface area contributed by atoms with Gasteiger partial charge in [-0.15, -0.1) is 0 Å². The molecule has 0 bridgehead atoms. The Balaban J connectivity index is 2.14. The van der Waals surface area contributed by atoms with E-state index >= 15 is 0 Å². The van der Waals surface area contributed by atoms with Gasteiger partial charge in [-0.2, -0.15) is 0 Å². The Bertz CT molecular complexity index is 803. The predicted molar refractivity (Wildman–Crippen MR) is 111 cm³/mol. The van der Waals surface area contributed by atoms with Crippen LogP contribution in [0.4, 0.5) is 0 Å². The van der Waals surface area contributed by atoms with Crippen LogP contribution in [0.3, 0.4) is 0 Å². The number of carbonyl (C=O) groups is 2. The molecule has 0 aromatic heterocycles. The van der Waals surface area contributed by atoms with Crippen molar-refractivity contribution >= 4 is 23.4 Å². The summed E-state index contributed by atoms with van der Waals surface area (Å²) in [6.45, 7) is 7.58. The third-order valence-corrected chi connectivity index (χ3v) is 4.25. The van der Waals surface area contributed by atoms with Crippen LogP contribution in [0, 0.1) is 0 Å². The molecule has 0 saturated heterocycles. The van der Waals surface area contributed by atoms with Gasteiger partial charge >= 0.3 is 0 Å². The van der Waals surface area contributed by atoms with Gasteiger partial charge in [0.15, 0.2) is 6.61 Å². The Kier molecular flexibility index (Phi) is 7.46. The molecule has 2 amide bonds. The van der Waals surface area contributed by atoms with Crippen molar-refractivity contribution in [2.24, 2.45) is 0 Å². The van der Waals surface area contributed by atoms with E-state index in [-0.39, 0.29) is 24.0 Å². The molecule has 0 aliphatic carbocycles. The first-order valence-electron chi connectivity index (χ1n) is 9.19. The number of nitrogens with zero attached hydrogens (tertiary/aromatic N) is 1. The summed E-state index contributed by atoms with van der Waals surface area (Å²) in [5.41, 5.74) is 0.554. The SMILES string of the molecule is CC(C(=O)NC(C)(C)C)N(Cc1ccccc1)C(=O)COc1cccc(Cl)c1. The van der Waals surface area contributed by atoms with Crippen molar-refractivity contribution in [3.8, 4) is 5.75 Å². The van der Waals surface area contributed by atoms with Crippen LogP contribution in [-0.4, -0.2) is 34.9 Å². The average molecular weight is 403 g/mol. The van der Waals surface area contributed by atoms with Crippen LogP contribution in [0.25, 0.3) is 0 Å². The van der Waals surface area contributed by atoms with E-state index in [0.717, 1.165) is 5.56 Å². The van der Waals surface area contributed by atoms with E-state index in [9.17, 15) is 9.59 Å². The quantitative estimate of drug-likeness (QED) is 0.760. The van der Waals surface area contributed by atoms with Crippen molar-refractivity contribution in [1.82, 2.24) is 10.2 Å². The van der Waals surface area contributed by atoms with E-state index in [1.54, 1.807) is 31.2 Å². The van der Waals surface area contributed by atoms with Crippen molar-refractivity contribution in [2.45, 2.75) is 45.8 Å². The van der Waals surface area contributed by atoms with Gasteiger partial charge in [0.1, 0.15) is 11.8 Å². The van der Waals surface area contributed by atoms with Gasteiger partial charge in [-0.25, -0.2) is 0 Å². The molecule has 150 valence electrons. The summed E-state index contributed by atoms with van der Waals surface area (Å²) in [7, 11) is 0. The Morgan fingerprint density at radius 2 is 1.79 bits per heavy atom. The molecule has 1 N–H and O–H groups in total. The molecule has 2 aromatic carbocycles. The number of amides is 2. The maximum Gasteiger partial charge on any atom is 0.261 e. The van der Waals surface area contributed by atoms with Crippen LogP contribution < -0.4 is 10.1 Å². The monoisotopic (exact) mass is 402 g/mol. The molecule has 0 radical (unpaired) electrons. The fraction of sp³-hybridized carbons (Fsp3) is 0.364. The summed E-state index contributed by atoms with van der Waals surface area (Å²) in [4.78, 5) is 27.1. The minimum atomic E-state index is -0.644. The Morgan fingerprint density at radius 1 is 1.11 bits per heavy atom. The van der Waals surface area contributed by atoms with Crippen LogP contribution in [0.1, 0.15) is 33.3 Å². The molecule has 1 atom stereocenters. The summed E-state index contributed by atoms with van der Waals surface area (Å²) >= 11 is 5.96. The van der Waals surface area contributed by atoms with Crippen LogP contribution in [0.15, 0.2) is 54.6 Å². The molecule has 0 spiro atoms. The highest BCUT2D eigenvalue weighted by molar-refractivity contribution is 6.30. The molecular formula is C22H27ClN2O3. The molecule has 28 heavy (non-hydrogen) atoms. The third kappa shape index (κ3) is 6.89. The Hall–Kier alpha value is -2.53. The molecule has 2 aromatic rings. The average Bonchev–Trinajstić information content (AvgIpc) is 2.63. The number of halogens is 1. The first kappa shape index (κ1) is 21.8. The number of hydrogen-bond acceptors (Lipinski definition) is 3. The second-order valence-electron chi connectivity index (χ2n) is 7.67. The van der Waals surface area contributed by atoms with Gasteiger partial charge in [-0.1, -0.05) is 48.0 Å². The van der Waals surface area contributed by atoms with E-state index in [4.69, 9.17) is 16.3 Å². The van der Waals surface area contributed by atoms with E-state index in [0.29, 0.717) is 17.3 Å².